The van der Waals surface area contributed by atoms with E-state index >= 15 is 0 Å². The summed E-state index contributed by atoms with van der Waals surface area (Å²) in [5.41, 5.74) is 0.654. The third-order valence-corrected chi connectivity index (χ3v) is 4.62. The Morgan fingerprint density at radius 2 is 1.79 bits per heavy atom. The normalized spacial score (nSPS) is 11.1. The summed E-state index contributed by atoms with van der Waals surface area (Å²) in [6.45, 7) is 0.957. The second-order valence-corrected chi connectivity index (χ2v) is 7.56. The van der Waals surface area contributed by atoms with Gasteiger partial charge in [0.25, 0.3) is 5.91 Å². The van der Waals surface area contributed by atoms with Crippen molar-refractivity contribution in [1.82, 2.24) is 4.90 Å². The number of sulfone groups is 1. The molecule has 0 aliphatic heterocycles. The largest absolute Gasteiger partial charge is 0.493 e. The van der Waals surface area contributed by atoms with Crippen LogP contribution in [0.2, 0.25) is 0 Å². The lowest BCUT2D eigenvalue weighted by Crippen LogP contribution is -2.28. The third-order valence-electron chi connectivity index (χ3n) is 3.51. The third kappa shape index (κ3) is 5.09. The summed E-state index contributed by atoms with van der Waals surface area (Å²) < 4.78 is 28.6. The van der Waals surface area contributed by atoms with Crippen molar-refractivity contribution >= 4 is 15.7 Å². The molecule has 0 aliphatic carbocycles. The fourth-order valence-corrected chi connectivity index (χ4v) is 2.85. The van der Waals surface area contributed by atoms with Crippen molar-refractivity contribution in [3.8, 4) is 5.75 Å². The van der Waals surface area contributed by atoms with Gasteiger partial charge < -0.3 is 9.64 Å². The van der Waals surface area contributed by atoms with Crippen LogP contribution in [0, 0.1) is 0 Å². The molecule has 24 heavy (non-hydrogen) atoms. The highest BCUT2D eigenvalue weighted by Crippen LogP contribution is 2.17. The number of benzene rings is 2. The number of rotatable bonds is 7. The summed E-state index contributed by atoms with van der Waals surface area (Å²) in [5, 5.41) is 0. The Balaban J connectivity index is 1.82. The van der Waals surface area contributed by atoms with E-state index in [1.54, 1.807) is 36.2 Å². The molecule has 0 bridgehead atoms. The van der Waals surface area contributed by atoms with Crippen molar-refractivity contribution in [3.63, 3.8) is 0 Å². The predicted octanol–water partition coefficient (Wildman–Crippen LogP) is 2.63. The summed E-state index contributed by atoms with van der Waals surface area (Å²) in [7, 11) is -1.49. The quantitative estimate of drug-likeness (QED) is 0.722. The average Bonchev–Trinajstić information content (AvgIpc) is 2.58. The summed E-state index contributed by atoms with van der Waals surface area (Å²) in [4.78, 5) is 14.1. The van der Waals surface area contributed by atoms with Crippen LogP contribution in [0.3, 0.4) is 0 Å². The lowest BCUT2D eigenvalue weighted by Gasteiger charge is -2.17. The Hall–Kier alpha value is -2.34. The van der Waals surface area contributed by atoms with Crippen molar-refractivity contribution in [3.05, 3.63) is 60.2 Å². The first-order valence-electron chi connectivity index (χ1n) is 7.61. The van der Waals surface area contributed by atoms with E-state index in [2.05, 4.69) is 0 Å². The van der Waals surface area contributed by atoms with Gasteiger partial charge in [0.05, 0.1) is 11.5 Å². The van der Waals surface area contributed by atoms with Crippen molar-refractivity contribution in [1.29, 1.82) is 0 Å². The highest BCUT2D eigenvalue weighted by Gasteiger charge is 2.11. The maximum atomic E-state index is 12.2. The number of ether oxygens (including phenoxy) is 1. The molecule has 0 unspecified atom stereocenters. The molecule has 0 saturated carbocycles. The number of nitrogens with zero attached hydrogens (tertiary/aromatic N) is 1. The number of hydrogen-bond acceptors (Lipinski definition) is 4. The highest BCUT2D eigenvalue weighted by atomic mass is 32.2. The zero-order valence-corrected chi connectivity index (χ0v) is 14.6. The Bertz CT molecular complexity index is 788. The standard InChI is InChI=1S/C18H21NO4S/c1-19(18(20)15-8-4-3-5-9-15)12-7-13-23-16-10-6-11-17(14-16)24(2,21)22/h3-6,8-11,14H,7,12-13H2,1-2H3. The fourth-order valence-electron chi connectivity index (χ4n) is 2.19. The first kappa shape index (κ1) is 18.0. The zero-order valence-electron chi connectivity index (χ0n) is 13.8. The van der Waals surface area contributed by atoms with Crippen LogP contribution in [0.1, 0.15) is 16.8 Å². The average molecular weight is 347 g/mol. The molecule has 0 spiro atoms. The molecule has 5 nitrogen and oxygen atoms in total. The van der Waals surface area contributed by atoms with Gasteiger partial charge in [-0.3, -0.25) is 4.79 Å². The second-order valence-electron chi connectivity index (χ2n) is 5.54. The van der Waals surface area contributed by atoms with E-state index in [0.29, 0.717) is 30.9 Å². The molecular weight excluding hydrogens is 326 g/mol. The van der Waals surface area contributed by atoms with Crippen molar-refractivity contribution in [2.75, 3.05) is 26.5 Å². The van der Waals surface area contributed by atoms with Crippen molar-refractivity contribution < 1.29 is 17.9 Å². The van der Waals surface area contributed by atoms with E-state index in [9.17, 15) is 13.2 Å². The summed E-state index contributed by atoms with van der Waals surface area (Å²) in [6, 6.07) is 15.5. The van der Waals surface area contributed by atoms with Gasteiger partial charge in [-0.2, -0.15) is 0 Å². The van der Waals surface area contributed by atoms with E-state index < -0.39 is 9.84 Å². The number of carbonyl (C=O) groups excluding carboxylic acids is 1. The summed E-state index contributed by atoms with van der Waals surface area (Å²) >= 11 is 0. The van der Waals surface area contributed by atoms with Gasteiger partial charge in [0.15, 0.2) is 9.84 Å². The lowest BCUT2D eigenvalue weighted by atomic mass is 10.2. The number of amides is 1. The molecule has 2 aromatic rings. The van der Waals surface area contributed by atoms with Gasteiger partial charge in [-0.05, 0) is 36.8 Å². The molecule has 128 valence electrons. The molecule has 2 aromatic carbocycles. The van der Waals surface area contributed by atoms with Gasteiger partial charge in [0.1, 0.15) is 5.75 Å². The molecule has 1 amide bonds. The van der Waals surface area contributed by atoms with Crippen molar-refractivity contribution in [2.24, 2.45) is 0 Å². The zero-order chi connectivity index (χ0) is 17.6. The minimum Gasteiger partial charge on any atom is -0.493 e. The molecule has 0 heterocycles. The Morgan fingerprint density at radius 1 is 1.08 bits per heavy atom. The Morgan fingerprint density at radius 3 is 2.46 bits per heavy atom. The first-order chi connectivity index (χ1) is 11.4. The topological polar surface area (TPSA) is 63.7 Å². The second kappa shape index (κ2) is 7.97. The van der Waals surface area contributed by atoms with Crippen molar-refractivity contribution in [2.45, 2.75) is 11.3 Å². The van der Waals surface area contributed by atoms with E-state index in [1.807, 2.05) is 18.2 Å². The SMILES string of the molecule is CN(CCCOc1cccc(S(C)(=O)=O)c1)C(=O)c1ccccc1. The van der Waals surface area contributed by atoms with Gasteiger partial charge in [-0.1, -0.05) is 24.3 Å². The monoisotopic (exact) mass is 347 g/mol. The smallest absolute Gasteiger partial charge is 0.253 e. The van der Waals surface area contributed by atoms with E-state index in [0.717, 1.165) is 6.26 Å². The van der Waals surface area contributed by atoms with E-state index in [1.165, 1.54) is 12.1 Å². The fraction of sp³-hybridized carbons (Fsp3) is 0.278. The molecular formula is C18H21NO4S. The number of carbonyl (C=O) groups is 1. The first-order valence-corrected chi connectivity index (χ1v) is 9.50. The van der Waals surface area contributed by atoms with Crippen LogP contribution in [0.25, 0.3) is 0 Å². The molecule has 0 atom stereocenters. The minimum atomic E-state index is -3.24. The van der Waals surface area contributed by atoms with Gasteiger partial charge >= 0.3 is 0 Å². The molecule has 0 aliphatic rings. The van der Waals surface area contributed by atoms with Crippen LogP contribution in [0.15, 0.2) is 59.5 Å². The molecule has 2 rings (SSSR count). The molecule has 0 saturated heterocycles. The summed E-state index contributed by atoms with van der Waals surface area (Å²) in [6.07, 6.45) is 1.81. The van der Waals surface area contributed by atoms with Crippen LogP contribution >= 0.6 is 0 Å². The predicted molar refractivity (Wildman–Crippen MR) is 93.1 cm³/mol. The molecule has 0 N–H and O–H groups in total. The maximum Gasteiger partial charge on any atom is 0.253 e. The van der Waals surface area contributed by atoms with Crippen LogP contribution in [0.5, 0.6) is 5.75 Å². The van der Waals surface area contributed by atoms with E-state index in [-0.39, 0.29) is 10.8 Å². The van der Waals surface area contributed by atoms with Gasteiger partial charge in [0, 0.05) is 25.4 Å². The Kier molecular flexibility index (Phi) is 5.98. The van der Waals surface area contributed by atoms with E-state index in [4.69, 9.17) is 4.74 Å². The minimum absolute atomic E-state index is 0.0327. The van der Waals surface area contributed by atoms with Gasteiger partial charge in [-0.25, -0.2) is 8.42 Å². The summed E-state index contributed by atoms with van der Waals surface area (Å²) in [5.74, 6) is 0.477. The number of hydrogen-bond donors (Lipinski definition) is 0. The van der Waals surface area contributed by atoms with Crippen LogP contribution in [-0.2, 0) is 9.84 Å². The maximum absolute atomic E-state index is 12.2. The molecule has 0 fully saturated rings. The van der Waals surface area contributed by atoms with Crippen LogP contribution < -0.4 is 4.74 Å². The Labute approximate surface area is 142 Å². The van der Waals surface area contributed by atoms with Crippen LogP contribution in [0.4, 0.5) is 0 Å². The van der Waals surface area contributed by atoms with Crippen LogP contribution in [-0.4, -0.2) is 45.7 Å². The highest BCUT2D eigenvalue weighted by molar-refractivity contribution is 7.90. The molecule has 6 heteroatoms. The lowest BCUT2D eigenvalue weighted by molar-refractivity contribution is 0.0788. The molecule has 0 radical (unpaired) electrons. The molecule has 0 aromatic heterocycles. The van der Waals surface area contributed by atoms with Gasteiger partial charge in [0.2, 0.25) is 0 Å². The van der Waals surface area contributed by atoms with Gasteiger partial charge in [-0.15, -0.1) is 0 Å².